The Hall–Kier alpha value is -2.82. The number of rotatable bonds is 3. The summed E-state index contributed by atoms with van der Waals surface area (Å²) in [7, 11) is 0. The second-order valence-corrected chi connectivity index (χ2v) is 5.85. The van der Waals surface area contributed by atoms with Crippen LogP contribution in [-0.4, -0.2) is 5.91 Å². The fraction of sp³-hybridized carbons (Fsp3) is 0.150. The number of carbonyl (C=O) groups is 1. The molecule has 0 aliphatic heterocycles. The molecule has 25 heavy (non-hydrogen) atoms. The smallest absolute Gasteiger partial charge is 0.345 e. The van der Waals surface area contributed by atoms with Crippen LogP contribution in [0.25, 0.3) is 10.8 Å². The molecule has 0 radical (unpaired) electrons. The second kappa shape index (κ2) is 6.59. The SMILES string of the molecule is CC(NC(=O)c1cccc2ccccc12)c1cccc(C(F)(F)F)c1. The van der Waals surface area contributed by atoms with Crippen LogP contribution >= 0.6 is 0 Å². The first-order chi connectivity index (χ1) is 11.9. The van der Waals surface area contributed by atoms with Crippen LogP contribution in [0.4, 0.5) is 13.2 Å². The molecule has 0 aliphatic rings. The molecule has 0 heterocycles. The molecule has 5 heteroatoms. The first kappa shape index (κ1) is 17.0. The molecule has 2 nitrogen and oxygen atoms in total. The van der Waals surface area contributed by atoms with Gasteiger partial charge in [-0.05, 0) is 41.5 Å². The van der Waals surface area contributed by atoms with Gasteiger partial charge in [0, 0.05) is 5.56 Å². The number of benzene rings is 3. The van der Waals surface area contributed by atoms with Crippen molar-refractivity contribution in [3.63, 3.8) is 0 Å². The van der Waals surface area contributed by atoms with E-state index in [0.717, 1.165) is 22.9 Å². The maximum absolute atomic E-state index is 12.8. The molecule has 0 aromatic heterocycles. The van der Waals surface area contributed by atoms with Gasteiger partial charge in [-0.1, -0.05) is 48.5 Å². The van der Waals surface area contributed by atoms with Crippen molar-refractivity contribution in [2.24, 2.45) is 0 Å². The molecule has 3 aromatic carbocycles. The van der Waals surface area contributed by atoms with Gasteiger partial charge in [-0.25, -0.2) is 0 Å². The lowest BCUT2D eigenvalue weighted by Crippen LogP contribution is -2.27. The molecule has 0 aliphatic carbocycles. The molecule has 3 aromatic rings. The van der Waals surface area contributed by atoms with Gasteiger partial charge in [0.05, 0.1) is 11.6 Å². The Balaban J connectivity index is 1.85. The van der Waals surface area contributed by atoms with Crippen molar-refractivity contribution >= 4 is 16.7 Å². The van der Waals surface area contributed by atoms with Crippen molar-refractivity contribution < 1.29 is 18.0 Å². The maximum Gasteiger partial charge on any atom is 0.416 e. The van der Waals surface area contributed by atoms with E-state index in [-0.39, 0.29) is 5.91 Å². The van der Waals surface area contributed by atoms with E-state index in [2.05, 4.69) is 5.32 Å². The molecule has 128 valence electrons. The number of hydrogen-bond donors (Lipinski definition) is 1. The minimum absolute atomic E-state index is 0.318. The second-order valence-electron chi connectivity index (χ2n) is 5.85. The minimum atomic E-state index is -4.41. The molecule has 1 atom stereocenters. The van der Waals surface area contributed by atoms with Gasteiger partial charge in [0.2, 0.25) is 0 Å². The zero-order valence-electron chi connectivity index (χ0n) is 13.5. The van der Waals surface area contributed by atoms with Crippen LogP contribution in [0, 0.1) is 0 Å². The van der Waals surface area contributed by atoms with Crippen LogP contribution in [0.1, 0.15) is 34.5 Å². The first-order valence-electron chi connectivity index (χ1n) is 7.82. The highest BCUT2D eigenvalue weighted by Gasteiger charge is 2.30. The summed E-state index contributed by atoms with van der Waals surface area (Å²) in [5.41, 5.74) is 0.177. The fourth-order valence-electron chi connectivity index (χ4n) is 2.77. The Bertz CT molecular complexity index is 913. The number of hydrogen-bond acceptors (Lipinski definition) is 1. The quantitative estimate of drug-likeness (QED) is 0.682. The minimum Gasteiger partial charge on any atom is -0.345 e. The number of halogens is 3. The van der Waals surface area contributed by atoms with Crippen LogP contribution in [0.3, 0.4) is 0 Å². The Kier molecular flexibility index (Phi) is 4.49. The molecule has 1 unspecified atom stereocenters. The number of alkyl halides is 3. The monoisotopic (exact) mass is 343 g/mol. The van der Waals surface area contributed by atoms with Gasteiger partial charge in [0.15, 0.2) is 0 Å². The summed E-state index contributed by atoms with van der Waals surface area (Å²) in [4.78, 5) is 12.6. The lowest BCUT2D eigenvalue weighted by Gasteiger charge is -2.17. The van der Waals surface area contributed by atoms with Gasteiger partial charge in [-0.2, -0.15) is 13.2 Å². The first-order valence-corrected chi connectivity index (χ1v) is 7.82. The third kappa shape index (κ3) is 3.65. The fourth-order valence-corrected chi connectivity index (χ4v) is 2.77. The molecular formula is C20H16F3NO. The van der Waals surface area contributed by atoms with E-state index in [0.29, 0.717) is 11.1 Å². The van der Waals surface area contributed by atoms with Crippen molar-refractivity contribution in [2.75, 3.05) is 0 Å². The predicted molar refractivity (Wildman–Crippen MR) is 91.3 cm³/mol. The van der Waals surface area contributed by atoms with Crippen molar-refractivity contribution in [1.82, 2.24) is 5.32 Å². The number of nitrogens with one attached hydrogen (secondary N) is 1. The largest absolute Gasteiger partial charge is 0.416 e. The Morgan fingerprint density at radius 3 is 2.40 bits per heavy atom. The molecule has 1 N–H and O–H groups in total. The van der Waals surface area contributed by atoms with Crippen LogP contribution in [0.5, 0.6) is 0 Å². The molecule has 0 fully saturated rings. The molecule has 3 rings (SSSR count). The maximum atomic E-state index is 12.8. The summed E-state index contributed by atoms with van der Waals surface area (Å²) in [5, 5.41) is 4.51. The van der Waals surface area contributed by atoms with E-state index in [1.165, 1.54) is 6.07 Å². The summed E-state index contributed by atoms with van der Waals surface area (Å²) >= 11 is 0. The number of fused-ring (bicyclic) bond motifs is 1. The van der Waals surface area contributed by atoms with Crippen molar-refractivity contribution in [2.45, 2.75) is 19.1 Å². The third-order valence-electron chi connectivity index (χ3n) is 4.10. The predicted octanol–water partition coefficient (Wildman–Crippen LogP) is 5.35. The molecule has 0 saturated heterocycles. The highest BCUT2D eigenvalue weighted by Crippen LogP contribution is 2.30. The van der Waals surface area contributed by atoms with E-state index >= 15 is 0 Å². The van der Waals surface area contributed by atoms with Gasteiger partial charge in [-0.3, -0.25) is 4.79 Å². The Labute approximate surface area is 143 Å². The summed E-state index contributed by atoms with van der Waals surface area (Å²) in [6, 6.07) is 17.3. The Morgan fingerprint density at radius 2 is 1.64 bits per heavy atom. The van der Waals surface area contributed by atoms with E-state index in [1.54, 1.807) is 25.1 Å². The van der Waals surface area contributed by atoms with Crippen LogP contribution in [-0.2, 0) is 6.18 Å². The summed E-state index contributed by atoms with van der Waals surface area (Å²) in [6.45, 7) is 1.67. The van der Waals surface area contributed by atoms with E-state index in [9.17, 15) is 18.0 Å². The Morgan fingerprint density at radius 1 is 0.960 bits per heavy atom. The number of carbonyl (C=O) groups excluding carboxylic acids is 1. The summed E-state index contributed by atoms with van der Waals surface area (Å²) < 4.78 is 38.5. The molecule has 0 spiro atoms. The normalized spacial score (nSPS) is 12.8. The lowest BCUT2D eigenvalue weighted by molar-refractivity contribution is -0.137. The highest BCUT2D eigenvalue weighted by molar-refractivity contribution is 6.07. The average Bonchev–Trinajstić information content (AvgIpc) is 2.60. The van der Waals surface area contributed by atoms with Gasteiger partial charge < -0.3 is 5.32 Å². The van der Waals surface area contributed by atoms with Crippen molar-refractivity contribution in [3.8, 4) is 0 Å². The number of amides is 1. The molecule has 0 bridgehead atoms. The topological polar surface area (TPSA) is 29.1 Å². The van der Waals surface area contributed by atoms with Crippen molar-refractivity contribution in [3.05, 3.63) is 83.4 Å². The summed E-state index contributed by atoms with van der Waals surface area (Å²) in [5.74, 6) is -0.318. The van der Waals surface area contributed by atoms with Crippen LogP contribution in [0.15, 0.2) is 66.7 Å². The van der Waals surface area contributed by atoms with Gasteiger partial charge in [0.25, 0.3) is 5.91 Å². The zero-order chi connectivity index (χ0) is 18.0. The summed E-state index contributed by atoms with van der Waals surface area (Å²) in [6.07, 6.45) is -4.41. The van der Waals surface area contributed by atoms with Crippen LogP contribution < -0.4 is 5.32 Å². The standard InChI is InChI=1S/C20H16F3NO/c1-13(15-8-4-9-16(12-15)20(21,22)23)24-19(25)18-11-5-7-14-6-2-3-10-17(14)18/h2-13H,1H3,(H,24,25). The molecule has 0 saturated carbocycles. The molecule has 1 amide bonds. The average molecular weight is 343 g/mol. The van der Waals surface area contributed by atoms with E-state index in [1.807, 2.05) is 30.3 Å². The van der Waals surface area contributed by atoms with Crippen molar-refractivity contribution in [1.29, 1.82) is 0 Å². The lowest BCUT2D eigenvalue weighted by atomic mass is 10.0. The zero-order valence-corrected chi connectivity index (χ0v) is 13.5. The van der Waals surface area contributed by atoms with Gasteiger partial charge >= 0.3 is 6.18 Å². The highest BCUT2D eigenvalue weighted by atomic mass is 19.4. The van der Waals surface area contributed by atoms with Gasteiger partial charge in [0.1, 0.15) is 0 Å². The third-order valence-corrected chi connectivity index (χ3v) is 4.10. The molecular weight excluding hydrogens is 327 g/mol. The van der Waals surface area contributed by atoms with Gasteiger partial charge in [-0.15, -0.1) is 0 Å². The van der Waals surface area contributed by atoms with Crippen LogP contribution in [0.2, 0.25) is 0 Å². The van der Waals surface area contributed by atoms with E-state index in [4.69, 9.17) is 0 Å². The van der Waals surface area contributed by atoms with E-state index < -0.39 is 17.8 Å².